The lowest BCUT2D eigenvalue weighted by molar-refractivity contribution is -0.188. The zero-order chi connectivity index (χ0) is 36.1. The van der Waals surface area contributed by atoms with Crippen molar-refractivity contribution >= 4 is 21.7 Å². The van der Waals surface area contributed by atoms with Crippen LogP contribution in [0, 0.1) is 50.2 Å². The van der Waals surface area contributed by atoms with Crippen LogP contribution in [0.4, 0.5) is 13.2 Å². The van der Waals surface area contributed by atoms with Gasteiger partial charge in [0.15, 0.2) is 5.78 Å². The average Bonchev–Trinajstić information content (AvgIpc) is 3.00. The lowest BCUT2D eigenvalue weighted by Crippen LogP contribution is -2.68. The monoisotopic (exact) mass is 706 g/mol. The highest BCUT2D eigenvalue weighted by Crippen LogP contribution is 2.75. The summed E-state index contributed by atoms with van der Waals surface area (Å²) in [6.45, 7) is 15.0. The molecule has 0 spiro atoms. The molecule has 49 heavy (non-hydrogen) atoms. The molecular weight excluding hydrogens is 653 g/mol. The van der Waals surface area contributed by atoms with Gasteiger partial charge in [-0.2, -0.15) is 13.2 Å². The van der Waals surface area contributed by atoms with Crippen molar-refractivity contribution in [3.8, 4) is 0 Å². The third kappa shape index (κ3) is 5.54. The Hall–Kier alpha value is -2.24. The number of fused-ring (bicyclic) bond motifs is 7. The molecule has 0 heterocycles. The highest BCUT2D eigenvalue weighted by molar-refractivity contribution is 7.90. The van der Waals surface area contributed by atoms with Gasteiger partial charge < -0.3 is 0 Å². The summed E-state index contributed by atoms with van der Waals surface area (Å²) in [5.74, 6) is -0.527. The van der Waals surface area contributed by atoms with Crippen LogP contribution in [0.1, 0.15) is 112 Å². The van der Waals surface area contributed by atoms with Crippen molar-refractivity contribution in [3.05, 3.63) is 47.5 Å². The second-order valence-corrected chi connectivity index (χ2v) is 19.6. The third-order valence-corrected chi connectivity index (χ3v) is 16.2. The number of nitrogens with one attached hydrogen (secondary N) is 2. The van der Waals surface area contributed by atoms with E-state index in [0.29, 0.717) is 25.7 Å². The van der Waals surface area contributed by atoms with Gasteiger partial charge in [0.2, 0.25) is 5.91 Å². The molecule has 1 aromatic carbocycles. The number of hydrogen-bond acceptors (Lipinski definition) is 5. The Balaban J connectivity index is 1.28. The number of rotatable bonds is 6. The van der Waals surface area contributed by atoms with E-state index in [1.54, 1.807) is 0 Å². The standard InChI is InChI=1S/C38H53F3N2O5S/c1-32(2)28-13-16-37(7)30(35(28,5)15-14-29(32)43-49(46,47)38(39,40)41)27(44)21-25-26-22-34(4,18-17-33(26,3)19-20-36(25,37)6)31(45)42-48-23-24-11-9-8-10-12-24/h8-12,21,26,28-30,43H,13-20,22-23H2,1-7H3,(H,42,45)/t26?,28?,29-,30?,33+,34-,35-,36+,37+/m0/s1. The molecule has 3 unspecified atom stereocenters. The highest BCUT2D eigenvalue weighted by atomic mass is 32.2. The maximum atomic E-state index is 14.7. The minimum absolute atomic E-state index is 0.0427. The summed E-state index contributed by atoms with van der Waals surface area (Å²) in [6.07, 6.45) is 8.12. The molecule has 272 valence electrons. The van der Waals surface area contributed by atoms with Crippen LogP contribution in [0.15, 0.2) is 42.0 Å². The fraction of sp³-hybridized carbons (Fsp3) is 0.737. The lowest BCUT2D eigenvalue weighted by Gasteiger charge is -2.70. The van der Waals surface area contributed by atoms with Gasteiger partial charge in [-0.1, -0.05) is 84.4 Å². The maximum Gasteiger partial charge on any atom is 0.511 e. The zero-order valence-electron chi connectivity index (χ0n) is 29.9. The molecule has 0 radical (unpaired) electrons. The number of carbonyl (C=O) groups is 2. The van der Waals surface area contributed by atoms with Crippen molar-refractivity contribution in [2.75, 3.05) is 0 Å². The SMILES string of the molecule is CC1(C)C2CC[C@]3(C)C(C(=O)C=C4C5C[C@@](C)(C(=O)NOCc6ccccc6)CC[C@]5(C)CC[C@]43C)[C@@]2(C)CC[C@@H]1NS(=O)(=O)C(F)(F)F. The second-order valence-electron chi connectivity index (χ2n) is 17.9. The van der Waals surface area contributed by atoms with E-state index in [0.717, 1.165) is 36.8 Å². The topological polar surface area (TPSA) is 102 Å². The van der Waals surface area contributed by atoms with Crippen LogP contribution in [0.2, 0.25) is 0 Å². The number of carbonyl (C=O) groups excluding carboxylic acids is 2. The molecular formula is C38H53F3N2O5S. The van der Waals surface area contributed by atoms with E-state index in [9.17, 15) is 31.2 Å². The highest BCUT2D eigenvalue weighted by Gasteiger charge is 2.70. The van der Waals surface area contributed by atoms with Crippen LogP contribution in [-0.4, -0.2) is 31.7 Å². The van der Waals surface area contributed by atoms with Crippen molar-refractivity contribution in [3.63, 3.8) is 0 Å². The normalized spacial score (nSPS) is 41.8. The van der Waals surface area contributed by atoms with E-state index in [2.05, 4.69) is 33.2 Å². The molecule has 6 rings (SSSR count). The predicted octanol–water partition coefficient (Wildman–Crippen LogP) is 8.02. The van der Waals surface area contributed by atoms with Gasteiger partial charge in [0, 0.05) is 17.4 Å². The number of hydrogen-bond donors (Lipinski definition) is 2. The van der Waals surface area contributed by atoms with Crippen molar-refractivity contribution in [1.82, 2.24) is 10.2 Å². The first kappa shape index (κ1) is 36.5. The van der Waals surface area contributed by atoms with Crippen molar-refractivity contribution < 1.29 is 36.0 Å². The molecule has 5 aliphatic rings. The summed E-state index contributed by atoms with van der Waals surface area (Å²) < 4.78 is 66.6. The molecule has 0 aromatic heterocycles. The van der Waals surface area contributed by atoms with Gasteiger partial charge in [-0.3, -0.25) is 14.4 Å². The van der Waals surface area contributed by atoms with Gasteiger partial charge in [0.1, 0.15) is 0 Å². The summed E-state index contributed by atoms with van der Waals surface area (Å²) in [5, 5.41) is 0. The Kier molecular flexibility index (Phi) is 8.68. The fourth-order valence-corrected chi connectivity index (χ4v) is 12.7. The Bertz CT molecular complexity index is 1650. The largest absolute Gasteiger partial charge is 0.511 e. The van der Waals surface area contributed by atoms with Gasteiger partial charge in [0.05, 0.1) is 6.61 Å². The van der Waals surface area contributed by atoms with Gasteiger partial charge in [-0.05, 0) is 108 Å². The molecule has 2 N–H and O–H groups in total. The van der Waals surface area contributed by atoms with Crippen LogP contribution >= 0.6 is 0 Å². The van der Waals surface area contributed by atoms with E-state index < -0.39 is 43.2 Å². The third-order valence-electron chi connectivity index (χ3n) is 15.0. The number of hydroxylamine groups is 1. The summed E-state index contributed by atoms with van der Waals surface area (Å²) in [4.78, 5) is 34.0. The van der Waals surface area contributed by atoms with Gasteiger partial charge in [-0.25, -0.2) is 18.6 Å². The van der Waals surface area contributed by atoms with Crippen LogP contribution in [-0.2, 0) is 31.1 Å². The first-order valence-corrected chi connectivity index (χ1v) is 19.3. The van der Waals surface area contributed by atoms with Crippen molar-refractivity contribution in [2.24, 2.45) is 50.2 Å². The van der Waals surface area contributed by atoms with Crippen LogP contribution in [0.3, 0.4) is 0 Å². The smallest absolute Gasteiger partial charge is 0.295 e. The second kappa shape index (κ2) is 11.6. The summed E-state index contributed by atoms with van der Waals surface area (Å²) in [7, 11) is -5.51. The number of ketones is 1. The van der Waals surface area contributed by atoms with E-state index >= 15 is 0 Å². The summed E-state index contributed by atoms with van der Waals surface area (Å²) in [5.41, 5.74) is -3.27. The number of alkyl halides is 3. The molecule has 4 fully saturated rings. The van der Waals surface area contributed by atoms with E-state index in [1.165, 1.54) is 0 Å². The Labute approximate surface area is 289 Å². The molecule has 9 atom stereocenters. The van der Waals surface area contributed by atoms with Gasteiger partial charge >= 0.3 is 15.5 Å². The molecule has 7 nitrogen and oxygen atoms in total. The first-order valence-electron chi connectivity index (χ1n) is 17.8. The Morgan fingerprint density at radius 1 is 0.918 bits per heavy atom. The number of amides is 1. The molecule has 5 aliphatic carbocycles. The van der Waals surface area contributed by atoms with Gasteiger partial charge in [0.25, 0.3) is 0 Å². The molecule has 0 saturated heterocycles. The van der Waals surface area contributed by atoms with Crippen LogP contribution < -0.4 is 10.2 Å². The molecule has 4 saturated carbocycles. The lowest BCUT2D eigenvalue weighted by atomic mass is 9.33. The molecule has 11 heteroatoms. The average molecular weight is 707 g/mol. The number of sulfonamides is 1. The van der Waals surface area contributed by atoms with Crippen molar-refractivity contribution in [1.29, 1.82) is 0 Å². The number of allylic oxidation sites excluding steroid dienone is 2. The Morgan fingerprint density at radius 2 is 1.57 bits per heavy atom. The minimum atomic E-state index is -5.51. The van der Waals surface area contributed by atoms with E-state index in [4.69, 9.17) is 4.84 Å². The number of halogens is 3. The molecule has 0 bridgehead atoms. The molecule has 0 aliphatic heterocycles. The van der Waals surface area contributed by atoms with E-state index in [1.807, 2.05) is 61.9 Å². The molecule has 1 aromatic rings. The first-order chi connectivity index (χ1) is 22.5. The number of benzene rings is 1. The minimum Gasteiger partial charge on any atom is -0.295 e. The Morgan fingerprint density at radius 3 is 2.22 bits per heavy atom. The quantitative estimate of drug-likeness (QED) is 0.292. The maximum absolute atomic E-state index is 14.7. The fourth-order valence-electron chi connectivity index (χ4n) is 11.7. The van der Waals surface area contributed by atoms with Crippen LogP contribution in [0.25, 0.3) is 0 Å². The van der Waals surface area contributed by atoms with Gasteiger partial charge in [-0.15, -0.1) is 0 Å². The van der Waals surface area contributed by atoms with Crippen molar-refractivity contribution in [2.45, 2.75) is 124 Å². The predicted molar refractivity (Wildman–Crippen MR) is 181 cm³/mol. The zero-order valence-corrected chi connectivity index (χ0v) is 30.7. The summed E-state index contributed by atoms with van der Waals surface area (Å²) >= 11 is 0. The summed E-state index contributed by atoms with van der Waals surface area (Å²) in [6, 6.07) is 8.78. The molecule has 1 amide bonds. The van der Waals surface area contributed by atoms with Crippen LogP contribution in [0.5, 0.6) is 0 Å². The van der Waals surface area contributed by atoms with E-state index in [-0.39, 0.29) is 53.3 Å².